The zero-order valence-corrected chi connectivity index (χ0v) is 11.9. The number of carbonyl (C=O) groups is 1. The van der Waals surface area contributed by atoms with Crippen LogP contribution in [0.4, 0.5) is 0 Å². The number of hydrogen-bond acceptors (Lipinski definition) is 4. The first-order valence-electron chi connectivity index (χ1n) is 7.37. The standard InChI is InChI=1S/C15H24O4/c1-8-10-9(19-13(8)17)7-14(2)5-4-6-15(3,18)12(14)11(10)16/h8-12,16,18H,4-7H2,1-3H3. The summed E-state index contributed by atoms with van der Waals surface area (Å²) in [5, 5.41) is 21.5. The number of aliphatic hydroxyl groups is 2. The fourth-order valence-corrected chi connectivity index (χ4v) is 5.11. The second kappa shape index (κ2) is 3.95. The molecule has 4 nitrogen and oxygen atoms in total. The number of aliphatic hydroxyl groups excluding tert-OH is 1. The van der Waals surface area contributed by atoms with E-state index in [2.05, 4.69) is 6.92 Å². The molecule has 0 bridgehead atoms. The van der Waals surface area contributed by atoms with Crippen molar-refractivity contribution in [1.82, 2.24) is 0 Å². The third-order valence-corrected chi connectivity index (χ3v) is 5.90. The summed E-state index contributed by atoms with van der Waals surface area (Å²) in [4.78, 5) is 11.8. The molecule has 0 radical (unpaired) electrons. The Morgan fingerprint density at radius 2 is 2.00 bits per heavy atom. The van der Waals surface area contributed by atoms with E-state index in [1.54, 1.807) is 0 Å². The van der Waals surface area contributed by atoms with Crippen LogP contribution in [0.1, 0.15) is 46.5 Å². The van der Waals surface area contributed by atoms with E-state index in [4.69, 9.17) is 4.74 Å². The molecule has 3 rings (SSSR count). The number of rotatable bonds is 0. The fourth-order valence-electron chi connectivity index (χ4n) is 5.11. The first-order chi connectivity index (χ1) is 8.76. The largest absolute Gasteiger partial charge is 0.462 e. The molecule has 0 aromatic carbocycles. The Kier molecular flexibility index (Phi) is 2.78. The highest BCUT2D eigenvalue weighted by Crippen LogP contribution is 2.58. The third kappa shape index (κ3) is 1.76. The van der Waals surface area contributed by atoms with Gasteiger partial charge in [0, 0.05) is 11.8 Å². The molecular weight excluding hydrogens is 244 g/mol. The van der Waals surface area contributed by atoms with Crippen molar-refractivity contribution >= 4 is 5.97 Å². The lowest BCUT2D eigenvalue weighted by Crippen LogP contribution is -2.61. The molecule has 4 heteroatoms. The molecule has 0 amide bonds. The summed E-state index contributed by atoms with van der Waals surface area (Å²) in [6, 6.07) is 0. The molecule has 1 saturated heterocycles. The Morgan fingerprint density at radius 1 is 1.32 bits per heavy atom. The van der Waals surface area contributed by atoms with Crippen molar-refractivity contribution in [3.8, 4) is 0 Å². The maximum atomic E-state index is 11.8. The van der Waals surface area contributed by atoms with Gasteiger partial charge in [-0.2, -0.15) is 0 Å². The number of ether oxygens (including phenoxy) is 1. The molecule has 0 aromatic rings. The van der Waals surface area contributed by atoms with Crippen LogP contribution in [0.15, 0.2) is 0 Å². The van der Waals surface area contributed by atoms with Gasteiger partial charge in [0.05, 0.1) is 17.6 Å². The van der Waals surface area contributed by atoms with Crippen molar-refractivity contribution in [3.05, 3.63) is 0 Å². The maximum absolute atomic E-state index is 11.8. The van der Waals surface area contributed by atoms with Gasteiger partial charge in [0.1, 0.15) is 6.10 Å². The number of fused-ring (bicyclic) bond motifs is 2. The molecule has 1 heterocycles. The summed E-state index contributed by atoms with van der Waals surface area (Å²) in [5.74, 6) is -0.777. The molecular formula is C15H24O4. The van der Waals surface area contributed by atoms with Crippen LogP contribution >= 0.6 is 0 Å². The quantitative estimate of drug-likeness (QED) is 0.653. The molecule has 3 fully saturated rings. The van der Waals surface area contributed by atoms with E-state index in [1.165, 1.54) is 0 Å². The maximum Gasteiger partial charge on any atom is 0.309 e. The van der Waals surface area contributed by atoms with Crippen LogP contribution in [0.3, 0.4) is 0 Å². The van der Waals surface area contributed by atoms with Crippen molar-refractivity contribution < 1.29 is 19.7 Å². The number of hydrogen-bond donors (Lipinski definition) is 2. The lowest BCUT2D eigenvalue weighted by atomic mass is 9.51. The number of esters is 1. The van der Waals surface area contributed by atoms with E-state index in [9.17, 15) is 15.0 Å². The monoisotopic (exact) mass is 268 g/mol. The SMILES string of the molecule is CC1C(=O)OC2CC3(C)CCCC(C)(O)C3C(O)C21. The molecule has 108 valence electrons. The van der Waals surface area contributed by atoms with Gasteiger partial charge < -0.3 is 14.9 Å². The predicted molar refractivity (Wildman–Crippen MR) is 69.2 cm³/mol. The molecule has 19 heavy (non-hydrogen) atoms. The summed E-state index contributed by atoms with van der Waals surface area (Å²) in [6.07, 6.45) is 2.62. The van der Waals surface area contributed by atoms with E-state index >= 15 is 0 Å². The van der Waals surface area contributed by atoms with Crippen LogP contribution < -0.4 is 0 Å². The Bertz CT molecular complexity index is 405. The molecule has 7 atom stereocenters. The van der Waals surface area contributed by atoms with Gasteiger partial charge in [-0.15, -0.1) is 0 Å². The Hall–Kier alpha value is -0.610. The van der Waals surface area contributed by atoms with E-state index in [0.717, 1.165) is 25.7 Å². The fraction of sp³-hybridized carbons (Fsp3) is 0.933. The van der Waals surface area contributed by atoms with Crippen LogP contribution in [0, 0.1) is 23.2 Å². The number of carbonyl (C=O) groups excluding carboxylic acids is 1. The van der Waals surface area contributed by atoms with Gasteiger partial charge in [-0.05, 0) is 31.6 Å². The Balaban J connectivity index is 1.99. The summed E-state index contributed by atoms with van der Waals surface area (Å²) in [6.45, 7) is 5.79. The highest BCUT2D eigenvalue weighted by atomic mass is 16.6. The van der Waals surface area contributed by atoms with E-state index in [-0.39, 0.29) is 35.2 Å². The first kappa shape index (κ1) is 13.4. The van der Waals surface area contributed by atoms with Crippen molar-refractivity contribution in [2.45, 2.75) is 64.3 Å². The molecule has 2 N–H and O–H groups in total. The van der Waals surface area contributed by atoms with Crippen molar-refractivity contribution in [2.24, 2.45) is 23.2 Å². The van der Waals surface area contributed by atoms with Gasteiger partial charge in [0.25, 0.3) is 0 Å². The smallest absolute Gasteiger partial charge is 0.309 e. The molecule has 3 aliphatic rings. The highest BCUT2D eigenvalue weighted by Gasteiger charge is 2.62. The van der Waals surface area contributed by atoms with Gasteiger partial charge in [-0.25, -0.2) is 0 Å². The minimum Gasteiger partial charge on any atom is -0.462 e. The van der Waals surface area contributed by atoms with Gasteiger partial charge in [0.2, 0.25) is 0 Å². The van der Waals surface area contributed by atoms with Crippen molar-refractivity contribution in [2.75, 3.05) is 0 Å². The molecule has 7 unspecified atom stereocenters. The topological polar surface area (TPSA) is 66.8 Å². The third-order valence-electron chi connectivity index (χ3n) is 5.90. The molecule has 0 spiro atoms. The van der Waals surface area contributed by atoms with Crippen LogP contribution in [-0.2, 0) is 9.53 Å². The van der Waals surface area contributed by atoms with Crippen LogP contribution in [0.2, 0.25) is 0 Å². The van der Waals surface area contributed by atoms with Crippen molar-refractivity contribution in [1.29, 1.82) is 0 Å². The summed E-state index contributed by atoms with van der Waals surface area (Å²) in [5.41, 5.74) is -0.977. The molecule has 1 aliphatic heterocycles. The highest BCUT2D eigenvalue weighted by molar-refractivity contribution is 5.75. The van der Waals surface area contributed by atoms with Crippen LogP contribution in [0.25, 0.3) is 0 Å². The zero-order chi connectivity index (χ0) is 14.0. The lowest BCUT2D eigenvalue weighted by molar-refractivity contribution is -0.198. The first-order valence-corrected chi connectivity index (χ1v) is 7.37. The molecule has 0 aromatic heterocycles. The average molecular weight is 268 g/mol. The average Bonchev–Trinajstić information content (AvgIpc) is 2.51. The second-order valence-electron chi connectivity index (χ2n) is 7.38. The lowest BCUT2D eigenvalue weighted by Gasteiger charge is -2.57. The van der Waals surface area contributed by atoms with Gasteiger partial charge in [-0.3, -0.25) is 4.79 Å². The normalized spacial score (nSPS) is 57.3. The minimum absolute atomic E-state index is 0.132. The second-order valence-corrected chi connectivity index (χ2v) is 7.38. The van der Waals surface area contributed by atoms with Crippen molar-refractivity contribution in [3.63, 3.8) is 0 Å². The van der Waals surface area contributed by atoms with Crippen LogP contribution in [-0.4, -0.2) is 34.0 Å². The minimum atomic E-state index is -0.844. The van der Waals surface area contributed by atoms with E-state index in [1.807, 2.05) is 13.8 Å². The van der Waals surface area contributed by atoms with Gasteiger partial charge in [-0.1, -0.05) is 20.3 Å². The zero-order valence-electron chi connectivity index (χ0n) is 11.9. The van der Waals surface area contributed by atoms with Gasteiger partial charge >= 0.3 is 5.97 Å². The summed E-state index contributed by atoms with van der Waals surface area (Å²) in [7, 11) is 0. The Labute approximate surface area is 114 Å². The molecule has 2 saturated carbocycles. The van der Waals surface area contributed by atoms with Gasteiger partial charge in [0.15, 0.2) is 0 Å². The van der Waals surface area contributed by atoms with E-state index < -0.39 is 11.7 Å². The summed E-state index contributed by atoms with van der Waals surface area (Å²) < 4.78 is 5.45. The van der Waals surface area contributed by atoms with Crippen LogP contribution in [0.5, 0.6) is 0 Å². The Morgan fingerprint density at radius 3 is 2.68 bits per heavy atom. The van der Waals surface area contributed by atoms with E-state index in [0.29, 0.717) is 0 Å². The predicted octanol–water partition coefficient (Wildman–Crippen LogP) is 1.49. The summed E-state index contributed by atoms with van der Waals surface area (Å²) >= 11 is 0. The molecule has 2 aliphatic carbocycles.